The Hall–Kier alpha value is -1.52. The molecule has 0 heterocycles. The zero-order valence-electron chi connectivity index (χ0n) is 12.0. The molecule has 0 unspecified atom stereocenters. The molecule has 0 aliphatic heterocycles. The summed E-state index contributed by atoms with van der Waals surface area (Å²) in [6, 6.07) is 5.54. The van der Waals surface area contributed by atoms with Gasteiger partial charge in [0.2, 0.25) is 0 Å². The van der Waals surface area contributed by atoms with Gasteiger partial charge in [-0.25, -0.2) is 0 Å². The van der Waals surface area contributed by atoms with E-state index in [1.165, 1.54) is 30.7 Å². The summed E-state index contributed by atoms with van der Waals surface area (Å²) in [5, 5.41) is 0. The van der Waals surface area contributed by atoms with Crippen molar-refractivity contribution in [2.75, 3.05) is 0 Å². The fraction of sp³-hybridized carbons (Fsp3) is 0.562. The molecule has 5 heteroatoms. The van der Waals surface area contributed by atoms with Gasteiger partial charge in [0.25, 0.3) is 0 Å². The third kappa shape index (κ3) is 4.48. The number of carbonyl (C=O) groups excluding carboxylic acids is 1. The van der Waals surface area contributed by atoms with Gasteiger partial charge in [-0.15, -0.1) is 13.2 Å². The van der Waals surface area contributed by atoms with E-state index in [1.54, 1.807) is 0 Å². The predicted molar refractivity (Wildman–Crippen MR) is 73.0 cm³/mol. The van der Waals surface area contributed by atoms with E-state index in [4.69, 9.17) is 0 Å². The van der Waals surface area contributed by atoms with Crippen LogP contribution in [0.2, 0.25) is 0 Å². The van der Waals surface area contributed by atoms with Gasteiger partial charge in [0.1, 0.15) is 11.5 Å². The fourth-order valence-electron chi connectivity index (χ4n) is 2.82. The topological polar surface area (TPSA) is 26.3 Å². The molecule has 116 valence electrons. The first-order valence-corrected chi connectivity index (χ1v) is 7.16. The Balaban J connectivity index is 1.98. The first kappa shape index (κ1) is 15.9. The number of Topliss-reactive ketones (excluding diaryl/α,β-unsaturated/α-hetero) is 1. The van der Waals surface area contributed by atoms with Gasteiger partial charge >= 0.3 is 6.36 Å². The Morgan fingerprint density at radius 1 is 1.14 bits per heavy atom. The molecule has 21 heavy (non-hydrogen) atoms. The van der Waals surface area contributed by atoms with Crippen LogP contribution in [0.25, 0.3) is 0 Å². The molecule has 0 amide bonds. The second kappa shape index (κ2) is 6.08. The maximum absolute atomic E-state index is 12.4. The van der Waals surface area contributed by atoms with Crippen LogP contribution in [0.1, 0.15) is 44.6 Å². The number of hydrogen-bond donors (Lipinski definition) is 0. The van der Waals surface area contributed by atoms with Crippen molar-refractivity contribution in [1.82, 2.24) is 0 Å². The van der Waals surface area contributed by atoms with E-state index in [-0.39, 0.29) is 23.4 Å². The Morgan fingerprint density at radius 3 is 2.24 bits per heavy atom. The lowest BCUT2D eigenvalue weighted by atomic mass is 9.71. The quantitative estimate of drug-likeness (QED) is 0.808. The Bertz CT molecular complexity index is 485. The summed E-state index contributed by atoms with van der Waals surface area (Å²) < 4.78 is 40.0. The summed E-state index contributed by atoms with van der Waals surface area (Å²) in [4.78, 5) is 12.4. The van der Waals surface area contributed by atoms with Crippen LogP contribution in [0.3, 0.4) is 0 Å². The maximum Gasteiger partial charge on any atom is 0.573 e. The number of halogens is 3. The van der Waals surface area contributed by atoms with E-state index in [9.17, 15) is 18.0 Å². The largest absolute Gasteiger partial charge is 0.573 e. The molecular formula is C16H19F3O2. The van der Waals surface area contributed by atoms with Crippen molar-refractivity contribution in [3.63, 3.8) is 0 Å². The highest BCUT2D eigenvalue weighted by Gasteiger charge is 2.34. The van der Waals surface area contributed by atoms with E-state index in [0.29, 0.717) is 0 Å². The Morgan fingerprint density at radius 2 is 1.71 bits per heavy atom. The van der Waals surface area contributed by atoms with Crippen LogP contribution in [-0.4, -0.2) is 12.1 Å². The molecule has 0 atom stereocenters. The van der Waals surface area contributed by atoms with Crippen molar-refractivity contribution in [1.29, 1.82) is 0 Å². The van der Waals surface area contributed by atoms with Crippen molar-refractivity contribution >= 4 is 5.78 Å². The molecule has 2 nitrogen and oxygen atoms in total. The van der Waals surface area contributed by atoms with Crippen LogP contribution in [0.5, 0.6) is 5.75 Å². The molecule has 0 aromatic heterocycles. The van der Waals surface area contributed by atoms with Crippen LogP contribution < -0.4 is 4.74 Å². The lowest BCUT2D eigenvalue weighted by Crippen LogP contribution is -2.31. The number of alkyl halides is 3. The van der Waals surface area contributed by atoms with Crippen LogP contribution in [0.15, 0.2) is 24.3 Å². The van der Waals surface area contributed by atoms with Crippen molar-refractivity contribution < 1.29 is 22.7 Å². The Kier molecular flexibility index (Phi) is 4.59. The standard InChI is InChI=1S/C16H19F3O2/c1-15(9-3-2-4-10-15)14(20)11-12-5-7-13(8-6-12)21-16(17,18)19/h5-8H,2-4,9-11H2,1H3. The number of carbonyl (C=O) groups is 1. The number of ether oxygens (including phenoxy) is 1. The summed E-state index contributed by atoms with van der Waals surface area (Å²) in [6.07, 6.45) is 0.700. The maximum atomic E-state index is 12.4. The van der Waals surface area contributed by atoms with Crippen molar-refractivity contribution in [3.8, 4) is 5.75 Å². The fourth-order valence-corrected chi connectivity index (χ4v) is 2.82. The van der Waals surface area contributed by atoms with E-state index >= 15 is 0 Å². The highest BCUT2D eigenvalue weighted by Crippen LogP contribution is 2.37. The second-order valence-electron chi connectivity index (χ2n) is 5.91. The van der Waals surface area contributed by atoms with E-state index in [1.807, 2.05) is 6.92 Å². The van der Waals surface area contributed by atoms with Gasteiger partial charge in [-0.1, -0.05) is 38.3 Å². The summed E-state index contributed by atoms with van der Waals surface area (Å²) in [5.74, 6) is -0.0886. The summed E-state index contributed by atoms with van der Waals surface area (Å²) in [5.41, 5.74) is 0.445. The molecule has 1 aromatic rings. The van der Waals surface area contributed by atoms with Crippen LogP contribution in [-0.2, 0) is 11.2 Å². The normalized spacial score (nSPS) is 18.3. The van der Waals surface area contributed by atoms with Gasteiger partial charge in [0.05, 0.1) is 0 Å². The van der Waals surface area contributed by atoms with Gasteiger partial charge in [-0.2, -0.15) is 0 Å². The number of ketones is 1. The van der Waals surface area contributed by atoms with Crippen molar-refractivity contribution in [2.24, 2.45) is 5.41 Å². The van der Waals surface area contributed by atoms with E-state index in [0.717, 1.165) is 31.2 Å². The van der Waals surface area contributed by atoms with Crippen molar-refractivity contribution in [3.05, 3.63) is 29.8 Å². The van der Waals surface area contributed by atoms with Crippen LogP contribution in [0, 0.1) is 5.41 Å². The molecular weight excluding hydrogens is 281 g/mol. The summed E-state index contributed by atoms with van der Waals surface area (Å²) in [6.45, 7) is 2.00. The minimum atomic E-state index is -4.69. The highest BCUT2D eigenvalue weighted by molar-refractivity contribution is 5.86. The minimum absolute atomic E-state index is 0.173. The highest BCUT2D eigenvalue weighted by atomic mass is 19.4. The minimum Gasteiger partial charge on any atom is -0.406 e. The van der Waals surface area contributed by atoms with Gasteiger partial charge < -0.3 is 4.74 Å². The lowest BCUT2D eigenvalue weighted by Gasteiger charge is -2.32. The molecule has 1 aliphatic rings. The average Bonchev–Trinajstić information content (AvgIpc) is 2.40. The molecule has 0 radical (unpaired) electrons. The van der Waals surface area contributed by atoms with E-state index in [2.05, 4.69) is 4.74 Å². The predicted octanol–water partition coefficient (Wildman–Crippen LogP) is 4.67. The van der Waals surface area contributed by atoms with Crippen LogP contribution in [0.4, 0.5) is 13.2 Å². The molecule has 1 aliphatic carbocycles. The molecule has 0 saturated heterocycles. The zero-order chi connectivity index (χ0) is 15.5. The molecule has 0 bridgehead atoms. The Labute approximate surface area is 122 Å². The van der Waals surface area contributed by atoms with Gasteiger partial charge in [-0.05, 0) is 30.5 Å². The first-order valence-electron chi connectivity index (χ1n) is 7.16. The third-order valence-corrected chi connectivity index (χ3v) is 4.15. The smallest absolute Gasteiger partial charge is 0.406 e. The number of benzene rings is 1. The van der Waals surface area contributed by atoms with E-state index < -0.39 is 6.36 Å². The summed E-state index contributed by atoms with van der Waals surface area (Å²) >= 11 is 0. The number of rotatable bonds is 4. The molecule has 0 N–H and O–H groups in total. The molecule has 2 rings (SSSR count). The van der Waals surface area contributed by atoms with Crippen molar-refractivity contribution in [2.45, 2.75) is 51.8 Å². The number of hydrogen-bond acceptors (Lipinski definition) is 2. The first-order chi connectivity index (χ1) is 9.78. The lowest BCUT2D eigenvalue weighted by molar-refractivity contribution is -0.274. The van der Waals surface area contributed by atoms with Gasteiger partial charge in [0.15, 0.2) is 0 Å². The SMILES string of the molecule is CC1(C(=O)Cc2ccc(OC(F)(F)F)cc2)CCCCC1. The molecule has 0 spiro atoms. The van der Waals surface area contributed by atoms with Gasteiger partial charge in [0, 0.05) is 11.8 Å². The average molecular weight is 300 g/mol. The molecule has 1 fully saturated rings. The third-order valence-electron chi connectivity index (χ3n) is 4.15. The zero-order valence-corrected chi connectivity index (χ0v) is 12.0. The monoisotopic (exact) mass is 300 g/mol. The second-order valence-corrected chi connectivity index (χ2v) is 5.91. The van der Waals surface area contributed by atoms with Crippen LogP contribution >= 0.6 is 0 Å². The molecule has 1 saturated carbocycles. The van der Waals surface area contributed by atoms with Gasteiger partial charge in [-0.3, -0.25) is 4.79 Å². The summed E-state index contributed by atoms with van der Waals surface area (Å²) in [7, 11) is 0. The molecule has 1 aromatic carbocycles.